The fourth-order valence-corrected chi connectivity index (χ4v) is 3.85. The van der Waals surface area contributed by atoms with Gasteiger partial charge < -0.3 is 19.7 Å². The van der Waals surface area contributed by atoms with Crippen molar-refractivity contribution in [2.45, 2.75) is 18.9 Å². The summed E-state index contributed by atoms with van der Waals surface area (Å²) in [6.45, 7) is 1.16. The van der Waals surface area contributed by atoms with Crippen LogP contribution in [0.2, 0.25) is 0 Å². The number of halogens is 2. The Labute approximate surface area is 195 Å². The Balaban J connectivity index is 1.49. The number of nitriles is 1. The largest absolute Gasteiger partial charge is 0.494 e. The van der Waals surface area contributed by atoms with Gasteiger partial charge in [0.05, 0.1) is 30.1 Å². The molecule has 0 radical (unpaired) electrons. The molecule has 174 valence electrons. The Bertz CT molecular complexity index is 1240. The molecule has 1 fully saturated rings. The molecule has 0 spiro atoms. The molecule has 1 aliphatic rings. The number of piperidine rings is 1. The van der Waals surface area contributed by atoms with Crippen molar-refractivity contribution in [3.05, 3.63) is 77.6 Å². The fraction of sp³-hybridized carbons (Fsp3) is 0.240. The summed E-state index contributed by atoms with van der Waals surface area (Å²) >= 11 is 0. The Morgan fingerprint density at radius 3 is 2.65 bits per heavy atom. The highest BCUT2D eigenvalue weighted by Crippen LogP contribution is 2.32. The maximum Gasteiger partial charge on any atom is 0.278 e. The van der Waals surface area contributed by atoms with Gasteiger partial charge >= 0.3 is 0 Å². The first-order valence-electron chi connectivity index (χ1n) is 10.7. The molecule has 3 aromatic rings. The third-order valence-corrected chi connectivity index (χ3v) is 5.55. The van der Waals surface area contributed by atoms with Crippen LogP contribution in [0.3, 0.4) is 0 Å². The molecule has 7 nitrogen and oxygen atoms in total. The van der Waals surface area contributed by atoms with Crippen LogP contribution >= 0.6 is 0 Å². The predicted molar refractivity (Wildman–Crippen MR) is 122 cm³/mol. The highest BCUT2D eigenvalue weighted by atomic mass is 19.1. The van der Waals surface area contributed by atoms with Crippen LogP contribution in [-0.2, 0) is 0 Å². The average Bonchev–Trinajstić information content (AvgIpc) is 2.86. The van der Waals surface area contributed by atoms with Crippen LogP contribution in [0.25, 0.3) is 0 Å². The number of carbonyl (C=O) groups excluding carboxylic acids is 1. The number of nitrogens with one attached hydrogen (secondary N) is 1. The summed E-state index contributed by atoms with van der Waals surface area (Å²) in [6.07, 6.45) is 2.46. The van der Waals surface area contributed by atoms with E-state index in [4.69, 9.17) is 9.47 Å². The fourth-order valence-electron chi connectivity index (χ4n) is 3.85. The molecule has 0 bridgehead atoms. The van der Waals surface area contributed by atoms with E-state index in [1.165, 1.54) is 19.4 Å². The number of pyridine rings is 1. The minimum Gasteiger partial charge on any atom is -0.494 e. The van der Waals surface area contributed by atoms with Crippen LogP contribution in [0.15, 0.2) is 54.7 Å². The van der Waals surface area contributed by atoms with Crippen LogP contribution in [0.5, 0.6) is 11.5 Å². The van der Waals surface area contributed by atoms with Crippen LogP contribution in [0, 0.1) is 23.0 Å². The van der Waals surface area contributed by atoms with Crippen LogP contribution in [0.1, 0.15) is 28.9 Å². The first-order chi connectivity index (χ1) is 16.5. The van der Waals surface area contributed by atoms with Crippen molar-refractivity contribution in [2.75, 3.05) is 30.4 Å². The number of benzene rings is 2. The molecular formula is C25H22F2N4O3. The van der Waals surface area contributed by atoms with E-state index in [1.54, 1.807) is 30.3 Å². The molecule has 0 unspecified atom stereocenters. The third kappa shape index (κ3) is 5.07. The summed E-state index contributed by atoms with van der Waals surface area (Å²) in [7, 11) is 1.46. The van der Waals surface area contributed by atoms with Gasteiger partial charge in [0, 0.05) is 38.2 Å². The van der Waals surface area contributed by atoms with Gasteiger partial charge in [-0.2, -0.15) is 5.26 Å². The van der Waals surface area contributed by atoms with Crippen molar-refractivity contribution in [1.82, 2.24) is 4.98 Å². The Morgan fingerprint density at radius 2 is 1.94 bits per heavy atom. The molecule has 0 aliphatic carbocycles. The third-order valence-electron chi connectivity index (χ3n) is 5.55. The standard InChI is InChI=1S/C25H22F2N4O3/c1-33-23-3-2-10-29-24(23)25(32)30-20-13-16(15-28)4-6-21(20)31-11-8-18(9-12-31)34-22-7-5-17(26)14-19(22)27/h2-7,10,13-14,18H,8-9,11-12H2,1H3,(H,30,32). The Morgan fingerprint density at radius 1 is 1.15 bits per heavy atom. The summed E-state index contributed by atoms with van der Waals surface area (Å²) in [4.78, 5) is 19.1. The number of methoxy groups -OCH3 is 1. The molecule has 4 rings (SSSR count). The van der Waals surface area contributed by atoms with E-state index in [9.17, 15) is 18.8 Å². The minimum atomic E-state index is -0.732. The summed E-state index contributed by atoms with van der Waals surface area (Å²) in [5, 5.41) is 12.2. The molecule has 2 aromatic carbocycles. The molecule has 1 saturated heterocycles. The van der Waals surface area contributed by atoms with Gasteiger partial charge in [0.25, 0.3) is 5.91 Å². The number of carbonyl (C=O) groups is 1. The van der Waals surface area contributed by atoms with Crippen LogP contribution in [-0.4, -0.2) is 37.2 Å². The number of rotatable bonds is 6. The van der Waals surface area contributed by atoms with E-state index in [0.717, 1.165) is 17.8 Å². The van der Waals surface area contributed by atoms with Gasteiger partial charge in [-0.3, -0.25) is 4.79 Å². The van der Waals surface area contributed by atoms with Gasteiger partial charge in [-0.15, -0.1) is 0 Å². The smallest absolute Gasteiger partial charge is 0.278 e. The zero-order valence-corrected chi connectivity index (χ0v) is 18.4. The lowest BCUT2D eigenvalue weighted by Crippen LogP contribution is -2.38. The van der Waals surface area contributed by atoms with Crippen molar-refractivity contribution in [1.29, 1.82) is 5.26 Å². The number of hydrogen-bond donors (Lipinski definition) is 1. The summed E-state index contributed by atoms with van der Waals surface area (Å²) in [5.74, 6) is -1.49. The summed E-state index contributed by atoms with van der Waals surface area (Å²) < 4.78 is 38.0. The van der Waals surface area contributed by atoms with Crippen molar-refractivity contribution in [3.63, 3.8) is 0 Å². The normalized spacial score (nSPS) is 13.8. The summed E-state index contributed by atoms with van der Waals surface area (Å²) in [6, 6.07) is 13.7. The van der Waals surface area contributed by atoms with Crippen molar-refractivity contribution >= 4 is 17.3 Å². The van der Waals surface area contributed by atoms with E-state index in [0.29, 0.717) is 42.9 Å². The molecule has 1 aromatic heterocycles. The second-order valence-electron chi connectivity index (χ2n) is 7.73. The van der Waals surface area contributed by atoms with E-state index < -0.39 is 17.5 Å². The second kappa shape index (κ2) is 10.2. The minimum absolute atomic E-state index is 0.0236. The summed E-state index contributed by atoms with van der Waals surface area (Å²) in [5.41, 5.74) is 1.75. The first kappa shape index (κ1) is 23.0. The van der Waals surface area contributed by atoms with Gasteiger partial charge in [-0.1, -0.05) is 0 Å². The van der Waals surface area contributed by atoms with Gasteiger partial charge in [-0.05, 0) is 42.5 Å². The van der Waals surface area contributed by atoms with E-state index >= 15 is 0 Å². The Hall–Kier alpha value is -4.19. The van der Waals surface area contributed by atoms with E-state index in [2.05, 4.69) is 21.3 Å². The SMILES string of the molecule is COc1cccnc1C(=O)Nc1cc(C#N)ccc1N1CCC(Oc2ccc(F)cc2F)CC1. The zero-order chi connectivity index (χ0) is 24.1. The molecule has 9 heteroatoms. The van der Waals surface area contributed by atoms with Gasteiger partial charge in [0.15, 0.2) is 17.3 Å². The van der Waals surface area contributed by atoms with Gasteiger partial charge in [0.1, 0.15) is 17.7 Å². The zero-order valence-electron chi connectivity index (χ0n) is 18.4. The molecule has 0 saturated carbocycles. The molecular weight excluding hydrogens is 442 g/mol. The number of nitrogens with zero attached hydrogens (tertiary/aromatic N) is 3. The molecule has 1 amide bonds. The monoisotopic (exact) mass is 464 g/mol. The Kier molecular flexibility index (Phi) is 6.87. The topological polar surface area (TPSA) is 87.5 Å². The van der Waals surface area contributed by atoms with Crippen LogP contribution in [0.4, 0.5) is 20.2 Å². The molecule has 1 N–H and O–H groups in total. The van der Waals surface area contributed by atoms with E-state index in [1.807, 2.05) is 0 Å². The van der Waals surface area contributed by atoms with Gasteiger partial charge in [-0.25, -0.2) is 13.8 Å². The maximum absolute atomic E-state index is 13.9. The predicted octanol–water partition coefficient (Wildman–Crippen LogP) is 4.54. The maximum atomic E-state index is 13.9. The number of amides is 1. The molecule has 0 atom stereocenters. The van der Waals surface area contributed by atoms with Crippen molar-refractivity contribution < 1.29 is 23.0 Å². The lowest BCUT2D eigenvalue weighted by atomic mass is 10.1. The number of aromatic nitrogens is 1. The highest BCUT2D eigenvalue weighted by Gasteiger charge is 2.24. The average molecular weight is 464 g/mol. The first-order valence-corrected chi connectivity index (χ1v) is 10.7. The van der Waals surface area contributed by atoms with E-state index in [-0.39, 0.29) is 17.5 Å². The van der Waals surface area contributed by atoms with Crippen molar-refractivity contribution in [3.8, 4) is 17.6 Å². The number of hydrogen-bond acceptors (Lipinski definition) is 6. The number of anilines is 2. The lowest BCUT2D eigenvalue weighted by molar-refractivity contribution is 0.101. The van der Waals surface area contributed by atoms with Gasteiger partial charge in [0.2, 0.25) is 0 Å². The van der Waals surface area contributed by atoms with Crippen LogP contribution < -0.4 is 19.7 Å². The second-order valence-corrected chi connectivity index (χ2v) is 7.73. The molecule has 34 heavy (non-hydrogen) atoms. The lowest BCUT2D eigenvalue weighted by Gasteiger charge is -2.34. The highest BCUT2D eigenvalue weighted by molar-refractivity contribution is 6.06. The molecule has 1 aliphatic heterocycles. The van der Waals surface area contributed by atoms with Crippen molar-refractivity contribution in [2.24, 2.45) is 0 Å². The molecule has 2 heterocycles. The number of ether oxygens (including phenoxy) is 2. The quantitative estimate of drug-likeness (QED) is 0.576.